The molecule has 0 bridgehead atoms. The van der Waals surface area contributed by atoms with E-state index in [4.69, 9.17) is 25.8 Å². The molecule has 26 heavy (non-hydrogen) atoms. The van der Waals surface area contributed by atoms with Crippen LogP contribution in [-0.4, -0.2) is 25.7 Å². The van der Waals surface area contributed by atoms with Crippen LogP contribution in [0, 0.1) is 5.92 Å². The van der Waals surface area contributed by atoms with Gasteiger partial charge in [0.2, 0.25) is 5.91 Å². The van der Waals surface area contributed by atoms with Gasteiger partial charge >= 0.3 is 0 Å². The first kappa shape index (κ1) is 17.0. The van der Waals surface area contributed by atoms with Gasteiger partial charge in [-0.05, 0) is 35.7 Å². The van der Waals surface area contributed by atoms with Gasteiger partial charge in [0.25, 0.3) is 0 Å². The molecule has 2 heterocycles. The van der Waals surface area contributed by atoms with Crippen molar-refractivity contribution >= 4 is 17.5 Å². The number of hydrogen-bond donors (Lipinski definition) is 1. The normalized spacial score (nSPS) is 18.3. The van der Waals surface area contributed by atoms with Crippen LogP contribution in [0.3, 0.4) is 0 Å². The second-order valence-corrected chi connectivity index (χ2v) is 6.90. The zero-order valence-corrected chi connectivity index (χ0v) is 15.1. The molecule has 6 heteroatoms. The van der Waals surface area contributed by atoms with Crippen molar-refractivity contribution in [3.63, 3.8) is 0 Å². The molecule has 1 unspecified atom stereocenters. The number of nitrogens with one attached hydrogen (secondary N) is 1. The average Bonchev–Trinajstić information content (AvgIpc) is 2.91. The predicted molar refractivity (Wildman–Crippen MR) is 98.0 cm³/mol. The lowest BCUT2D eigenvalue weighted by atomic mass is 9.96. The topological polar surface area (TPSA) is 56.8 Å². The van der Waals surface area contributed by atoms with E-state index >= 15 is 0 Å². The zero-order valence-electron chi connectivity index (χ0n) is 14.3. The number of rotatable bonds is 3. The quantitative estimate of drug-likeness (QED) is 0.896. The lowest BCUT2D eigenvalue weighted by Gasteiger charge is -2.24. The van der Waals surface area contributed by atoms with Crippen molar-refractivity contribution in [2.24, 2.45) is 5.92 Å². The first-order chi connectivity index (χ1) is 12.7. The summed E-state index contributed by atoms with van der Waals surface area (Å²) in [6, 6.07) is 11.5. The van der Waals surface area contributed by atoms with Gasteiger partial charge in [-0.3, -0.25) is 4.79 Å². The molecule has 2 aliphatic heterocycles. The van der Waals surface area contributed by atoms with Gasteiger partial charge in [-0.15, -0.1) is 0 Å². The van der Waals surface area contributed by atoms with E-state index in [0.717, 1.165) is 23.3 Å². The standard InChI is InChI=1S/C20H20ClNO4/c21-16-8-13(9-18-19(16)25-7-3-6-24-18)11-22-20(23)15-10-14-4-1-2-5-17(14)26-12-15/h1-2,4-5,8-9,15H,3,6-7,10-12H2,(H,22,23). The first-order valence-electron chi connectivity index (χ1n) is 8.77. The highest BCUT2D eigenvalue weighted by Gasteiger charge is 2.25. The Bertz CT molecular complexity index is 823. The van der Waals surface area contributed by atoms with E-state index in [1.807, 2.05) is 36.4 Å². The Hall–Kier alpha value is -2.40. The third-order valence-corrected chi connectivity index (χ3v) is 4.86. The third kappa shape index (κ3) is 3.58. The van der Waals surface area contributed by atoms with Crippen LogP contribution in [0.25, 0.3) is 0 Å². The van der Waals surface area contributed by atoms with Crippen LogP contribution in [0.15, 0.2) is 36.4 Å². The zero-order chi connectivity index (χ0) is 17.9. The van der Waals surface area contributed by atoms with Crippen LogP contribution in [0.1, 0.15) is 17.5 Å². The summed E-state index contributed by atoms with van der Waals surface area (Å²) in [4.78, 5) is 12.5. The molecule has 0 fully saturated rings. The number of ether oxygens (including phenoxy) is 3. The number of carbonyl (C=O) groups excluding carboxylic acids is 1. The summed E-state index contributed by atoms with van der Waals surface area (Å²) in [7, 11) is 0. The fourth-order valence-electron chi connectivity index (χ4n) is 3.22. The second-order valence-electron chi connectivity index (χ2n) is 6.49. The predicted octanol–water partition coefficient (Wildman–Crippen LogP) is 3.37. The number of amides is 1. The highest BCUT2D eigenvalue weighted by molar-refractivity contribution is 6.32. The molecule has 0 spiro atoms. The van der Waals surface area contributed by atoms with Gasteiger partial charge in [0.05, 0.1) is 24.2 Å². The largest absolute Gasteiger partial charge is 0.492 e. The number of benzene rings is 2. The maximum Gasteiger partial charge on any atom is 0.227 e. The van der Waals surface area contributed by atoms with Crippen molar-refractivity contribution in [2.45, 2.75) is 19.4 Å². The Morgan fingerprint density at radius 1 is 1.12 bits per heavy atom. The highest BCUT2D eigenvalue weighted by atomic mass is 35.5. The van der Waals surface area contributed by atoms with E-state index in [1.54, 1.807) is 0 Å². The summed E-state index contributed by atoms with van der Waals surface area (Å²) >= 11 is 6.30. The highest BCUT2D eigenvalue weighted by Crippen LogP contribution is 2.38. The minimum Gasteiger partial charge on any atom is -0.492 e. The summed E-state index contributed by atoms with van der Waals surface area (Å²) in [5.41, 5.74) is 1.95. The van der Waals surface area contributed by atoms with Crippen LogP contribution < -0.4 is 19.5 Å². The minimum absolute atomic E-state index is 0.0252. The van der Waals surface area contributed by atoms with E-state index in [0.29, 0.717) is 49.3 Å². The van der Waals surface area contributed by atoms with Crippen molar-refractivity contribution in [3.05, 3.63) is 52.5 Å². The Balaban J connectivity index is 1.41. The first-order valence-corrected chi connectivity index (χ1v) is 9.15. The Morgan fingerprint density at radius 2 is 1.96 bits per heavy atom. The maximum absolute atomic E-state index is 12.5. The summed E-state index contributed by atoms with van der Waals surface area (Å²) in [6.45, 7) is 1.96. The molecule has 0 saturated heterocycles. The van der Waals surface area contributed by atoms with Gasteiger partial charge in [-0.1, -0.05) is 29.8 Å². The fourth-order valence-corrected chi connectivity index (χ4v) is 3.50. The molecule has 136 valence electrons. The molecule has 1 amide bonds. The van der Waals surface area contributed by atoms with Gasteiger partial charge in [0.15, 0.2) is 11.5 Å². The number of halogens is 1. The molecule has 0 aromatic heterocycles. The molecule has 0 radical (unpaired) electrons. The summed E-state index contributed by atoms with van der Waals surface area (Å²) < 4.78 is 17.0. The molecule has 0 aliphatic carbocycles. The van der Waals surface area contributed by atoms with Crippen molar-refractivity contribution < 1.29 is 19.0 Å². The molecule has 2 aromatic carbocycles. The SMILES string of the molecule is O=C(NCc1cc(Cl)c2c(c1)OCCCO2)C1COc2ccccc2C1. The molecule has 0 saturated carbocycles. The van der Waals surface area contributed by atoms with Crippen LogP contribution in [0.5, 0.6) is 17.2 Å². The summed E-state index contributed by atoms with van der Waals surface area (Å²) in [5.74, 6) is 1.86. The monoisotopic (exact) mass is 373 g/mol. The van der Waals surface area contributed by atoms with Gasteiger partial charge in [0.1, 0.15) is 12.4 Å². The number of fused-ring (bicyclic) bond motifs is 2. The Labute approximate surface area is 157 Å². The van der Waals surface area contributed by atoms with Crippen LogP contribution in [-0.2, 0) is 17.8 Å². The maximum atomic E-state index is 12.5. The lowest BCUT2D eigenvalue weighted by Crippen LogP contribution is -2.37. The van der Waals surface area contributed by atoms with Crippen LogP contribution in [0.4, 0.5) is 0 Å². The van der Waals surface area contributed by atoms with Gasteiger partial charge in [-0.25, -0.2) is 0 Å². The average molecular weight is 374 g/mol. The van der Waals surface area contributed by atoms with Crippen molar-refractivity contribution in [1.29, 1.82) is 0 Å². The lowest BCUT2D eigenvalue weighted by molar-refractivity contribution is -0.126. The smallest absolute Gasteiger partial charge is 0.227 e. The molecule has 1 atom stereocenters. The molecule has 2 aliphatic rings. The van der Waals surface area contributed by atoms with E-state index in [-0.39, 0.29) is 11.8 Å². The summed E-state index contributed by atoms with van der Waals surface area (Å²) in [5, 5.41) is 3.48. The fraction of sp³-hybridized carbons (Fsp3) is 0.350. The van der Waals surface area contributed by atoms with E-state index in [9.17, 15) is 4.79 Å². The molecule has 2 aromatic rings. The van der Waals surface area contributed by atoms with Gasteiger partial charge < -0.3 is 19.5 Å². The molecule has 4 rings (SSSR count). The number of carbonyl (C=O) groups is 1. The van der Waals surface area contributed by atoms with E-state index < -0.39 is 0 Å². The molecule has 1 N–H and O–H groups in total. The molecule has 5 nitrogen and oxygen atoms in total. The van der Waals surface area contributed by atoms with Crippen molar-refractivity contribution in [1.82, 2.24) is 5.32 Å². The van der Waals surface area contributed by atoms with Crippen molar-refractivity contribution in [2.75, 3.05) is 19.8 Å². The number of para-hydroxylation sites is 1. The number of hydrogen-bond acceptors (Lipinski definition) is 4. The van der Waals surface area contributed by atoms with Crippen molar-refractivity contribution in [3.8, 4) is 17.2 Å². The molecular weight excluding hydrogens is 354 g/mol. The summed E-state index contributed by atoms with van der Waals surface area (Å²) in [6.07, 6.45) is 1.50. The van der Waals surface area contributed by atoms with Gasteiger partial charge in [-0.2, -0.15) is 0 Å². The Morgan fingerprint density at radius 3 is 2.88 bits per heavy atom. The van der Waals surface area contributed by atoms with Gasteiger partial charge in [0, 0.05) is 13.0 Å². The van der Waals surface area contributed by atoms with E-state index in [2.05, 4.69) is 5.32 Å². The van der Waals surface area contributed by atoms with Crippen LogP contribution >= 0.6 is 11.6 Å². The Kier molecular flexibility index (Phi) is 4.89. The minimum atomic E-state index is -0.194. The third-order valence-electron chi connectivity index (χ3n) is 4.58. The van der Waals surface area contributed by atoms with E-state index in [1.165, 1.54) is 0 Å². The van der Waals surface area contributed by atoms with Crippen LogP contribution in [0.2, 0.25) is 5.02 Å². The molecular formula is C20H20ClNO4. The second kappa shape index (κ2) is 7.46.